The van der Waals surface area contributed by atoms with Crippen molar-refractivity contribution in [3.8, 4) is 11.3 Å². The number of aromatic amines is 1. The molecule has 5 rings (SSSR count). The highest BCUT2D eigenvalue weighted by Crippen LogP contribution is 2.40. The van der Waals surface area contributed by atoms with Crippen LogP contribution in [0.2, 0.25) is 0 Å². The van der Waals surface area contributed by atoms with Crippen molar-refractivity contribution in [2.75, 3.05) is 19.6 Å². The first-order chi connectivity index (χ1) is 14.2. The summed E-state index contributed by atoms with van der Waals surface area (Å²) in [6.07, 6.45) is 9.72. The molecule has 1 aromatic heterocycles. The molecule has 0 saturated carbocycles. The second-order valence-electron chi connectivity index (χ2n) is 9.26. The van der Waals surface area contributed by atoms with Gasteiger partial charge in [0.2, 0.25) is 0 Å². The van der Waals surface area contributed by atoms with Gasteiger partial charge in [-0.25, -0.2) is 0 Å². The lowest BCUT2D eigenvalue weighted by Gasteiger charge is -2.55. The molecule has 154 valence electrons. The number of amides is 1. The van der Waals surface area contributed by atoms with Crippen LogP contribution in [0, 0.1) is 11.8 Å². The number of carbonyl (C=O) groups is 1. The average molecular weight is 393 g/mol. The molecule has 5 heteroatoms. The highest BCUT2D eigenvalue weighted by atomic mass is 16.2. The van der Waals surface area contributed by atoms with E-state index in [9.17, 15) is 4.79 Å². The molecule has 1 amide bonds. The van der Waals surface area contributed by atoms with Crippen molar-refractivity contribution in [2.24, 2.45) is 11.8 Å². The van der Waals surface area contributed by atoms with Crippen LogP contribution in [0.3, 0.4) is 0 Å². The Morgan fingerprint density at radius 2 is 2.00 bits per heavy atom. The molecule has 0 unspecified atom stereocenters. The Bertz CT molecular complexity index is 829. The number of nitrogens with one attached hydrogen (secondary N) is 1. The van der Waals surface area contributed by atoms with Gasteiger partial charge in [-0.15, -0.1) is 0 Å². The first-order valence-corrected chi connectivity index (χ1v) is 11.4. The maximum absolute atomic E-state index is 13.2. The summed E-state index contributed by atoms with van der Waals surface area (Å²) in [7, 11) is 0. The molecule has 3 aliphatic heterocycles. The highest BCUT2D eigenvalue weighted by Gasteiger charge is 2.45. The molecule has 3 aliphatic rings. The molecule has 1 aromatic carbocycles. The first-order valence-electron chi connectivity index (χ1n) is 11.4. The standard InChI is InChI=1S/C24H32N4O/c1-2-4-21-5-3-6-23-20-13-17(15-28(21)23)14-27(16-20)24(29)19-9-7-18(8-10-19)22-11-12-25-26-22/h7-12,17,20-21,23H,2-6,13-16H2,1H3,(H,25,26)/t17-,20+,21-,23-/m0/s1. The number of rotatable bonds is 4. The van der Waals surface area contributed by atoms with Crippen molar-refractivity contribution in [3.05, 3.63) is 42.1 Å². The number of benzene rings is 1. The molecule has 0 radical (unpaired) electrons. The van der Waals surface area contributed by atoms with Gasteiger partial charge in [-0.1, -0.05) is 31.9 Å². The van der Waals surface area contributed by atoms with Crippen LogP contribution in [-0.2, 0) is 0 Å². The third kappa shape index (κ3) is 3.61. The third-order valence-electron chi connectivity index (χ3n) is 7.37. The molecule has 3 fully saturated rings. The number of hydrogen-bond donors (Lipinski definition) is 1. The normalized spacial score (nSPS) is 29.5. The number of piperidine rings is 3. The summed E-state index contributed by atoms with van der Waals surface area (Å²) in [4.78, 5) is 18.2. The predicted octanol–water partition coefficient (Wildman–Crippen LogP) is 4.19. The first kappa shape index (κ1) is 18.9. The van der Waals surface area contributed by atoms with Gasteiger partial charge in [-0.2, -0.15) is 5.10 Å². The monoisotopic (exact) mass is 392 g/mol. The number of nitrogens with zero attached hydrogens (tertiary/aromatic N) is 3. The second-order valence-corrected chi connectivity index (χ2v) is 9.26. The summed E-state index contributed by atoms with van der Waals surface area (Å²) in [5.74, 6) is 1.48. The molecule has 29 heavy (non-hydrogen) atoms. The molecule has 5 nitrogen and oxygen atoms in total. The highest BCUT2D eigenvalue weighted by molar-refractivity contribution is 5.94. The minimum atomic E-state index is 0.199. The Morgan fingerprint density at radius 1 is 1.14 bits per heavy atom. The van der Waals surface area contributed by atoms with Crippen LogP contribution in [0.4, 0.5) is 0 Å². The van der Waals surface area contributed by atoms with Crippen LogP contribution in [0.5, 0.6) is 0 Å². The number of likely N-dealkylation sites (tertiary alicyclic amines) is 1. The Morgan fingerprint density at radius 3 is 2.76 bits per heavy atom. The fourth-order valence-electron chi connectivity index (χ4n) is 6.11. The topological polar surface area (TPSA) is 52.2 Å². The molecule has 2 bridgehead atoms. The van der Waals surface area contributed by atoms with E-state index in [4.69, 9.17) is 0 Å². The maximum atomic E-state index is 13.2. The molecule has 2 aromatic rings. The fourth-order valence-corrected chi connectivity index (χ4v) is 6.11. The zero-order chi connectivity index (χ0) is 19.8. The lowest BCUT2D eigenvalue weighted by Crippen LogP contribution is -2.62. The lowest BCUT2D eigenvalue weighted by molar-refractivity contribution is -0.0518. The van der Waals surface area contributed by atoms with Gasteiger partial charge in [0.1, 0.15) is 0 Å². The summed E-state index contributed by atoms with van der Waals surface area (Å²) in [6.45, 7) is 5.35. The van der Waals surface area contributed by atoms with Gasteiger partial charge in [0.25, 0.3) is 5.91 Å². The van der Waals surface area contributed by atoms with E-state index >= 15 is 0 Å². The van der Waals surface area contributed by atoms with E-state index in [1.807, 2.05) is 30.3 Å². The van der Waals surface area contributed by atoms with Crippen LogP contribution in [0.25, 0.3) is 11.3 Å². The zero-order valence-electron chi connectivity index (χ0n) is 17.4. The quantitative estimate of drug-likeness (QED) is 0.849. The van der Waals surface area contributed by atoms with E-state index in [-0.39, 0.29) is 5.91 Å². The van der Waals surface area contributed by atoms with E-state index < -0.39 is 0 Å². The van der Waals surface area contributed by atoms with Crippen molar-refractivity contribution < 1.29 is 4.79 Å². The van der Waals surface area contributed by atoms with E-state index in [1.54, 1.807) is 6.20 Å². The van der Waals surface area contributed by atoms with Crippen molar-refractivity contribution in [3.63, 3.8) is 0 Å². The van der Waals surface area contributed by atoms with Gasteiger partial charge >= 0.3 is 0 Å². The molecule has 3 saturated heterocycles. The number of carbonyl (C=O) groups excluding carboxylic acids is 1. The Hall–Kier alpha value is -2.14. The van der Waals surface area contributed by atoms with E-state index in [0.29, 0.717) is 17.9 Å². The second kappa shape index (κ2) is 7.94. The molecule has 0 spiro atoms. The van der Waals surface area contributed by atoms with E-state index in [2.05, 4.69) is 26.9 Å². The van der Waals surface area contributed by atoms with Gasteiger partial charge in [0, 0.05) is 43.5 Å². The van der Waals surface area contributed by atoms with Gasteiger partial charge in [-0.05, 0) is 61.3 Å². The minimum Gasteiger partial charge on any atom is -0.338 e. The summed E-state index contributed by atoms with van der Waals surface area (Å²) < 4.78 is 0. The third-order valence-corrected chi connectivity index (χ3v) is 7.37. The van der Waals surface area contributed by atoms with Crippen LogP contribution in [-0.4, -0.2) is 57.6 Å². The van der Waals surface area contributed by atoms with Crippen molar-refractivity contribution in [1.82, 2.24) is 20.0 Å². The summed E-state index contributed by atoms with van der Waals surface area (Å²) in [5, 5.41) is 6.99. The van der Waals surface area contributed by atoms with Crippen LogP contribution < -0.4 is 0 Å². The van der Waals surface area contributed by atoms with E-state index in [0.717, 1.165) is 36.0 Å². The van der Waals surface area contributed by atoms with Crippen molar-refractivity contribution in [1.29, 1.82) is 0 Å². The van der Waals surface area contributed by atoms with Gasteiger partial charge < -0.3 is 4.90 Å². The predicted molar refractivity (Wildman–Crippen MR) is 115 cm³/mol. The number of H-pyrrole nitrogens is 1. The molecular weight excluding hydrogens is 360 g/mol. The lowest BCUT2D eigenvalue weighted by atomic mass is 9.74. The zero-order valence-corrected chi connectivity index (χ0v) is 17.4. The Labute approximate surface area is 173 Å². The van der Waals surface area contributed by atoms with Crippen molar-refractivity contribution in [2.45, 2.75) is 57.5 Å². The molecule has 4 heterocycles. The minimum absolute atomic E-state index is 0.199. The number of fused-ring (bicyclic) bond motifs is 4. The van der Waals surface area contributed by atoms with Crippen LogP contribution in [0.1, 0.15) is 55.8 Å². The van der Waals surface area contributed by atoms with Gasteiger partial charge in [-0.3, -0.25) is 14.8 Å². The summed E-state index contributed by atoms with van der Waals surface area (Å²) in [5.41, 5.74) is 2.85. The van der Waals surface area contributed by atoms with Crippen molar-refractivity contribution >= 4 is 5.91 Å². The number of hydrogen-bond acceptors (Lipinski definition) is 3. The number of aromatic nitrogens is 2. The van der Waals surface area contributed by atoms with Gasteiger partial charge in [0.15, 0.2) is 0 Å². The maximum Gasteiger partial charge on any atom is 0.253 e. The largest absolute Gasteiger partial charge is 0.338 e. The average Bonchev–Trinajstić information content (AvgIpc) is 3.29. The summed E-state index contributed by atoms with van der Waals surface area (Å²) >= 11 is 0. The van der Waals surface area contributed by atoms with E-state index in [1.165, 1.54) is 45.1 Å². The smallest absolute Gasteiger partial charge is 0.253 e. The summed E-state index contributed by atoms with van der Waals surface area (Å²) in [6, 6.07) is 11.4. The molecule has 4 atom stereocenters. The Kier molecular flexibility index (Phi) is 5.17. The fraction of sp³-hybridized carbons (Fsp3) is 0.583. The molecule has 0 aliphatic carbocycles. The van der Waals surface area contributed by atoms with Gasteiger partial charge in [0.05, 0.1) is 5.69 Å². The van der Waals surface area contributed by atoms with Crippen LogP contribution in [0.15, 0.2) is 36.5 Å². The molecule has 1 N–H and O–H groups in total. The van der Waals surface area contributed by atoms with Crippen LogP contribution >= 0.6 is 0 Å². The molecular formula is C24H32N4O. The SMILES string of the molecule is CCC[C@H]1CCC[C@H]2[C@@H]3C[C@@H](CN(C(=O)c4ccc(-c5ccn[nH]5)cc4)C3)CN12. The Balaban J connectivity index is 1.29.